The van der Waals surface area contributed by atoms with E-state index in [1.165, 1.54) is 19.1 Å². The van der Waals surface area contributed by atoms with Crippen molar-refractivity contribution in [1.82, 2.24) is 0 Å². The van der Waals surface area contributed by atoms with Crippen LogP contribution in [0, 0.1) is 6.92 Å². The fourth-order valence-electron chi connectivity index (χ4n) is 1.41. The number of rotatable bonds is 3. The molecule has 19 heavy (non-hydrogen) atoms. The minimum absolute atomic E-state index is 0.00587. The lowest BCUT2D eigenvalue weighted by Crippen LogP contribution is -2.22. The lowest BCUT2D eigenvalue weighted by molar-refractivity contribution is -0.138. The Bertz CT molecular complexity index is 512. The highest BCUT2D eigenvalue weighted by Gasteiger charge is 2.32. The summed E-state index contributed by atoms with van der Waals surface area (Å²) in [6.07, 6.45) is -4.90. The first-order valence-electron chi connectivity index (χ1n) is 5.18. The average Bonchev–Trinajstić information content (AvgIpc) is 2.29. The molecule has 0 heterocycles. The number of carbonyl (C=O) groups is 1. The number of halogens is 3. The van der Waals surface area contributed by atoms with Crippen LogP contribution in [-0.4, -0.2) is 17.0 Å². The Morgan fingerprint density at radius 2 is 2.11 bits per heavy atom. The fourth-order valence-corrected chi connectivity index (χ4v) is 1.41. The third-order valence-corrected chi connectivity index (χ3v) is 2.30. The van der Waals surface area contributed by atoms with Crippen LogP contribution < -0.4 is 11.1 Å². The molecule has 0 saturated carbocycles. The summed E-state index contributed by atoms with van der Waals surface area (Å²) in [7, 11) is 0. The third-order valence-electron chi connectivity index (χ3n) is 2.30. The van der Waals surface area contributed by atoms with Crippen molar-refractivity contribution in [3.05, 3.63) is 29.3 Å². The van der Waals surface area contributed by atoms with Crippen LogP contribution in [0.3, 0.4) is 0 Å². The Kier molecular flexibility index (Phi) is 4.36. The molecular formula is C11H12F3N3O2. The third kappa shape index (κ3) is 4.16. The molecule has 0 spiro atoms. The zero-order valence-electron chi connectivity index (χ0n) is 9.95. The number of anilines is 1. The molecule has 0 aliphatic heterocycles. The van der Waals surface area contributed by atoms with Crippen molar-refractivity contribution < 1.29 is 23.2 Å². The number of hydrogen-bond acceptors (Lipinski definition) is 3. The van der Waals surface area contributed by atoms with Crippen molar-refractivity contribution in [2.75, 3.05) is 5.32 Å². The summed E-state index contributed by atoms with van der Waals surface area (Å²) in [6, 6.07) is 3.43. The van der Waals surface area contributed by atoms with Crippen LogP contribution in [0.25, 0.3) is 0 Å². The number of carbonyl (C=O) groups excluding carboxylic acids is 1. The molecular weight excluding hydrogens is 263 g/mol. The summed E-state index contributed by atoms with van der Waals surface area (Å²) in [5.41, 5.74) is 4.34. The van der Waals surface area contributed by atoms with Gasteiger partial charge >= 0.3 is 6.18 Å². The second-order valence-corrected chi connectivity index (χ2v) is 3.84. The van der Waals surface area contributed by atoms with E-state index in [9.17, 15) is 18.0 Å². The van der Waals surface area contributed by atoms with Gasteiger partial charge in [0.1, 0.15) is 5.84 Å². The maximum absolute atomic E-state index is 12.6. The van der Waals surface area contributed by atoms with Crippen LogP contribution in [0.15, 0.2) is 23.4 Å². The van der Waals surface area contributed by atoms with Gasteiger partial charge < -0.3 is 16.3 Å². The van der Waals surface area contributed by atoms with Gasteiger partial charge in [0, 0.05) is 5.69 Å². The number of alkyl halides is 3. The van der Waals surface area contributed by atoms with Crippen LogP contribution in [0.5, 0.6) is 0 Å². The quantitative estimate of drug-likeness (QED) is 0.341. The summed E-state index contributed by atoms with van der Waals surface area (Å²) < 4.78 is 37.9. The second kappa shape index (κ2) is 5.59. The van der Waals surface area contributed by atoms with Gasteiger partial charge in [-0.1, -0.05) is 11.2 Å². The number of amidine groups is 1. The summed E-state index contributed by atoms with van der Waals surface area (Å²) in [6.45, 7) is 1.32. The van der Waals surface area contributed by atoms with E-state index in [2.05, 4.69) is 10.5 Å². The highest BCUT2D eigenvalue weighted by Crippen LogP contribution is 2.33. The maximum atomic E-state index is 12.6. The summed E-state index contributed by atoms with van der Waals surface area (Å²) >= 11 is 0. The number of nitrogens with one attached hydrogen (secondary N) is 1. The highest BCUT2D eigenvalue weighted by molar-refractivity contribution is 6.04. The average molecular weight is 275 g/mol. The zero-order valence-corrected chi connectivity index (χ0v) is 9.95. The molecule has 1 rings (SSSR count). The van der Waals surface area contributed by atoms with Crippen LogP contribution in [0.2, 0.25) is 0 Å². The second-order valence-electron chi connectivity index (χ2n) is 3.84. The standard InChI is InChI=1S/C11H12F3N3O2/c1-6-2-3-7(4-8(6)11(12,13)14)16-10(18)5-9(15)17-19/h2-4,19H,5H2,1H3,(H2,15,17)(H,16,18). The Labute approximate surface area is 106 Å². The van der Waals surface area contributed by atoms with Crippen molar-refractivity contribution in [2.24, 2.45) is 10.9 Å². The van der Waals surface area contributed by atoms with Crippen LogP contribution in [0.1, 0.15) is 17.5 Å². The lowest BCUT2D eigenvalue weighted by atomic mass is 10.1. The number of nitrogens with zero attached hydrogens (tertiary/aromatic N) is 1. The van der Waals surface area contributed by atoms with Gasteiger partial charge in [-0.2, -0.15) is 13.2 Å². The Hall–Kier alpha value is -2.25. The molecule has 8 heteroatoms. The molecule has 1 amide bonds. The van der Waals surface area contributed by atoms with Crippen molar-refractivity contribution in [1.29, 1.82) is 0 Å². The van der Waals surface area contributed by atoms with E-state index in [4.69, 9.17) is 10.9 Å². The molecule has 0 atom stereocenters. The van der Waals surface area contributed by atoms with E-state index in [-0.39, 0.29) is 17.1 Å². The minimum atomic E-state index is -4.49. The SMILES string of the molecule is Cc1ccc(NC(=O)CC(N)=NO)cc1C(F)(F)F. The predicted molar refractivity (Wildman–Crippen MR) is 62.8 cm³/mol. The predicted octanol–water partition coefficient (Wildman–Crippen LogP) is 2.09. The molecule has 0 aromatic heterocycles. The molecule has 5 nitrogen and oxygen atoms in total. The van der Waals surface area contributed by atoms with Gasteiger partial charge in [-0.3, -0.25) is 4.79 Å². The van der Waals surface area contributed by atoms with Crippen molar-refractivity contribution in [3.63, 3.8) is 0 Å². The van der Waals surface area contributed by atoms with Crippen LogP contribution in [-0.2, 0) is 11.0 Å². The van der Waals surface area contributed by atoms with E-state index in [1.807, 2.05) is 0 Å². The molecule has 104 valence electrons. The number of nitrogens with two attached hydrogens (primary N) is 1. The highest BCUT2D eigenvalue weighted by atomic mass is 19.4. The number of amides is 1. The summed E-state index contributed by atoms with van der Waals surface area (Å²) in [4.78, 5) is 11.4. The first-order valence-corrected chi connectivity index (χ1v) is 5.18. The van der Waals surface area contributed by atoms with E-state index in [0.29, 0.717) is 0 Å². The number of aryl methyl sites for hydroxylation is 1. The Morgan fingerprint density at radius 3 is 2.63 bits per heavy atom. The molecule has 0 radical (unpaired) electrons. The molecule has 0 aliphatic carbocycles. The van der Waals surface area contributed by atoms with Crippen LogP contribution in [0.4, 0.5) is 18.9 Å². The van der Waals surface area contributed by atoms with E-state index in [1.54, 1.807) is 0 Å². The molecule has 0 unspecified atom stereocenters. The van der Waals surface area contributed by atoms with E-state index >= 15 is 0 Å². The van der Waals surface area contributed by atoms with Crippen molar-refractivity contribution in [2.45, 2.75) is 19.5 Å². The van der Waals surface area contributed by atoms with E-state index < -0.39 is 24.1 Å². The summed E-state index contributed by atoms with van der Waals surface area (Å²) in [5, 5.41) is 13.1. The molecule has 0 fully saturated rings. The maximum Gasteiger partial charge on any atom is 0.416 e. The molecule has 1 aromatic rings. The largest absolute Gasteiger partial charge is 0.416 e. The number of oxime groups is 1. The molecule has 1 aromatic carbocycles. The van der Waals surface area contributed by atoms with Gasteiger partial charge in [0.2, 0.25) is 5.91 Å². The van der Waals surface area contributed by atoms with Gasteiger partial charge in [0.05, 0.1) is 12.0 Å². The zero-order chi connectivity index (χ0) is 14.6. The first-order chi connectivity index (χ1) is 8.74. The molecule has 0 saturated heterocycles. The molecule has 0 bridgehead atoms. The minimum Gasteiger partial charge on any atom is -0.409 e. The first kappa shape index (κ1) is 14.8. The van der Waals surface area contributed by atoms with Gasteiger partial charge in [0.15, 0.2) is 0 Å². The van der Waals surface area contributed by atoms with Gasteiger partial charge in [-0.25, -0.2) is 0 Å². The number of benzene rings is 1. The fraction of sp³-hybridized carbons (Fsp3) is 0.273. The summed E-state index contributed by atoms with van der Waals surface area (Å²) in [5.74, 6) is -1.01. The molecule has 4 N–H and O–H groups in total. The Morgan fingerprint density at radius 1 is 1.47 bits per heavy atom. The number of hydrogen-bond donors (Lipinski definition) is 3. The molecule has 0 aliphatic rings. The Balaban J connectivity index is 2.89. The van der Waals surface area contributed by atoms with Crippen molar-refractivity contribution >= 4 is 17.4 Å². The van der Waals surface area contributed by atoms with E-state index in [0.717, 1.165) is 6.07 Å². The van der Waals surface area contributed by atoms with Gasteiger partial charge in [0.25, 0.3) is 0 Å². The monoisotopic (exact) mass is 275 g/mol. The lowest BCUT2D eigenvalue weighted by Gasteiger charge is -2.12. The van der Waals surface area contributed by atoms with Crippen molar-refractivity contribution in [3.8, 4) is 0 Å². The topological polar surface area (TPSA) is 87.7 Å². The normalized spacial score (nSPS) is 12.3. The van der Waals surface area contributed by atoms with Gasteiger partial charge in [-0.05, 0) is 24.6 Å². The smallest absolute Gasteiger partial charge is 0.409 e. The van der Waals surface area contributed by atoms with Crippen LogP contribution >= 0.6 is 0 Å². The van der Waals surface area contributed by atoms with Gasteiger partial charge in [-0.15, -0.1) is 0 Å².